The largest absolute Gasteiger partial charge is 0.318 e. The van der Waals surface area contributed by atoms with Crippen molar-refractivity contribution in [3.05, 3.63) is 46.2 Å². The summed E-state index contributed by atoms with van der Waals surface area (Å²) in [7, 11) is 0. The molecular formula is C11H13FN4S. The first kappa shape index (κ1) is 11.8. The van der Waals surface area contributed by atoms with Crippen LogP contribution in [0.2, 0.25) is 0 Å². The lowest BCUT2D eigenvalue weighted by Crippen LogP contribution is -2.17. The van der Waals surface area contributed by atoms with E-state index in [1.165, 1.54) is 12.1 Å². The molecule has 0 spiro atoms. The van der Waals surface area contributed by atoms with Gasteiger partial charge in [-0.25, -0.2) is 9.07 Å². The van der Waals surface area contributed by atoms with E-state index in [2.05, 4.69) is 15.6 Å². The minimum Gasteiger partial charge on any atom is -0.318 e. The van der Waals surface area contributed by atoms with Gasteiger partial charge in [-0.3, -0.25) is 5.10 Å². The first-order valence-corrected chi connectivity index (χ1v) is 5.76. The molecule has 0 saturated carbocycles. The van der Waals surface area contributed by atoms with Gasteiger partial charge in [-0.15, -0.1) is 0 Å². The van der Waals surface area contributed by atoms with Crippen LogP contribution in [0.15, 0.2) is 24.3 Å². The number of halogens is 1. The van der Waals surface area contributed by atoms with Crippen LogP contribution in [0.4, 0.5) is 4.39 Å². The molecule has 2 aromatic rings. The third-order valence-corrected chi connectivity index (χ3v) is 2.69. The smallest absolute Gasteiger partial charge is 0.214 e. The molecule has 0 fully saturated rings. The summed E-state index contributed by atoms with van der Waals surface area (Å²) in [5, 5.41) is 6.81. The molecule has 4 nitrogen and oxygen atoms in total. The van der Waals surface area contributed by atoms with Gasteiger partial charge in [-0.2, -0.15) is 5.10 Å². The quantitative estimate of drug-likeness (QED) is 0.821. The van der Waals surface area contributed by atoms with Gasteiger partial charge in [-0.1, -0.05) is 19.1 Å². The van der Waals surface area contributed by atoms with Crippen LogP contribution in [0.1, 0.15) is 18.3 Å². The van der Waals surface area contributed by atoms with Crippen LogP contribution in [0.5, 0.6) is 0 Å². The van der Waals surface area contributed by atoms with Crippen LogP contribution < -0.4 is 5.43 Å². The van der Waals surface area contributed by atoms with Crippen LogP contribution in [-0.4, -0.2) is 14.9 Å². The molecule has 0 aliphatic heterocycles. The molecule has 1 aromatic heterocycles. The average Bonchev–Trinajstić information content (AvgIpc) is 2.69. The summed E-state index contributed by atoms with van der Waals surface area (Å²) in [6.07, 6.45) is 0.781. The Bertz CT molecular complexity index is 543. The Balaban J connectivity index is 2.09. The Morgan fingerprint density at radius 2 is 2.12 bits per heavy atom. The van der Waals surface area contributed by atoms with Gasteiger partial charge >= 0.3 is 0 Å². The summed E-state index contributed by atoms with van der Waals surface area (Å²) in [4.78, 5) is 0. The topological polar surface area (TPSA) is 45.6 Å². The first-order valence-electron chi connectivity index (χ1n) is 5.35. The van der Waals surface area contributed by atoms with E-state index in [0.717, 1.165) is 17.8 Å². The fourth-order valence-corrected chi connectivity index (χ4v) is 1.72. The van der Waals surface area contributed by atoms with Crippen molar-refractivity contribution in [3.63, 3.8) is 0 Å². The van der Waals surface area contributed by atoms with Gasteiger partial charge in [0.2, 0.25) is 4.77 Å². The molecule has 0 radical (unpaired) electrons. The van der Waals surface area contributed by atoms with Crippen molar-refractivity contribution >= 4 is 12.2 Å². The molecule has 0 bridgehead atoms. The van der Waals surface area contributed by atoms with Crippen LogP contribution in [0.3, 0.4) is 0 Å². The second-order valence-electron chi connectivity index (χ2n) is 3.60. The van der Waals surface area contributed by atoms with Crippen LogP contribution in [0, 0.1) is 10.6 Å². The lowest BCUT2D eigenvalue weighted by molar-refractivity contribution is 0.626. The predicted molar refractivity (Wildman–Crippen MR) is 66.3 cm³/mol. The minimum absolute atomic E-state index is 0.233. The standard InChI is InChI=1S/C11H13FN4S/c1-2-10-14-15-11(17)16(10)13-7-8-3-5-9(12)6-4-8/h3-6,13H,2,7H2,1H3,(H,15,17). The van der Waals surface area contributed by atoms with E-state index in [1.807, 2.05) is 6.92 Å². The molecular weight excluding hydrogens is 239 g/mol. The van der Waals surface area contributed by atoms with Crippen LogP contribution in [0.25, 0.3) is 0 Å². The number of aromatic amines is 1. The molecule has 1 aromatic carbocycles. The van der Waals surface area contributed by atoms with E-state index < -0.39 is 0 Å². The number of benzene rings is 1. The Morgan fingerprint density at radius 3 is 2.76 bits per heavy atom. The molecule has 0 aliphatic rings. The van der Waals surface area contributed by atoms with Gasteiger partial charge < -0.3 is 5.43 Å². The number of hydrogen-bond donors (Lipinski definition) is 2. The van der Waals surface area contributed by atoms with Crippen molar-refractivity contribution in [1.29, 1.82) is 0 Å². The maximum Gasteiger partial charge on any atom is 0.214 e. The third kappa shape index (κ3) is 2.71. The zero-order valence-corrected chi connectivity index (χ0v) is 10.2. The summed E-state index contributed by atoms with van der Waals surface area (Å²) in [5.74, 6) is 0.611. The molecule has 1 heterocycles. The van der Waals surface area contributed by atoms with E-state index in [1.54, 1.807) is 16.8 Å². The second-order valence-corrected chi connectivity index (χ2v) is 3.98. The molecule has 2 rings (SSSR count). The molecule has 90 valence electrons. The van der Waals surface area contributed by atoms with Crippen molar-refractivity contribution in [3.8, 4) is 0 Å². The summed E-state index contributed by atoms with van der Waals surface area (Å²) < 4.78 is 15.0. The monoisotopic (exact) mass is 252 g/mol. The maximum absolute atomic E-state index is 12.7. The summed E-state index contributed by atoms with van der Waals surface area (Å²) >= 11 is 5.10. The third-order valence-electron chi connectivity index (χ3n) is 2.41. The summed E-state index contributed by atoms with van der Waals surface area (Å²) in [6.45, 7) is 2.57. The van der Waals surface area contributed by atoms with Gasteiger partial charge in [0.15, 0.2) is 5.82 Å². The van der Waals surface area contributed by atoms with E-state index >= 15 is 0 Å². The SMILES string of the molecule is CCc1n[nH]c(=S)n1NCc1ccc(F)cc1. The summed E-state index contributed by atoms with van der Waals surface area (Å²) in [5.41, 5.74) is 4.13. The number of aryl methyl sites for hydroxylation is 1. The molecule has 0 aliphatic carbocycles. The molecule has 2 N–H and O–H groups in total. The Kier molecular flexibility index (Phi) is 3.53. The highest BCUT2D eigenvalue weighted by Gasteiger charge is 2.02. The molecule has 0 atom stereocenters. The van der Waals surface area contributed by atoms with Crippen molar-refractivity contribution in [2.75, 3.05) is 5.43 Å². The zero-order chi connectivity index (χ0) is 12.3. The summed E-state index contributed by atoms with van der Waals surface area (Å²) in [6, 6.07) is 6.34. The van der Waals surface area contributed by atoms with Crippen molar-refractivity contribution in [2.45, 2.75) is 19.9 Å². The molecule has 6 heteroatoms. The van der Waals surface area contributed by atoms with Crippen molar-refractivity contribution < 1.29 is 4.39 Å². The highest BCUT2D eigenvalue weighted by molar-refractivity contribution is 7.71. The Labute approximate surface area is 103 Å². The van der Waals surface area contributed by atoms with Gasteiger partial charge in [0.1, 0.15) is 5.82 Å². The fourth-order valence-electron chi connectivity index (χ4n) is 1.50. The fraction of sp³-hybridized carbons (Fsp3) is 0.273. The average molecular weight is 252 g/mol. The van der Waals surface area contributed by atoms with Crippen LogP contribution >= 0.6 is 12.2 Å². The number of nitrogens with one attached hydrogen (secondary N) is 2. The number of rotatable bonds is 4. The number of nitrogens with zero attached hydrogens (tertiary/aromatic N) is 2. The number of H-pyrrole nitrogens is 1. The lowest BCUT2D eigenvalue weighted by Gasteiger charge is -2.08. The highest BCUT2D eigenvalue weighted by atomic mass is 32.1. The van der Waals surface area contributed by atoms with E-state index in [4.69, 9.17) is 12.2 Å². The van der Waals surface area contributed by atoms with E-state index in [-0.39, 0.29) is 5.82 Å². The van der Waals surface area contributed by atoms with Gasteiger partial charge in [0, 0.05) is 6.42 Å². The second kappa shape index (κ2) is 5.09. The molecule has 0 unspecified atom stereocenters. The predicted octanol–water partition coefficient (Wildman–Crippen LogP) is 2.39. The molecule has 0 saturated heterocycles. The normalized spacial score (nSPS) is 10.5. The zero-order valence-electron chi connectivity index (χ0n) is 9.40. The number of aromatic nitrogens is 3. The van der Waals surface area contributed by atoms with Gasteiger partial charge in [-0.05, 0) is 29.9 Å². The van der Waals surface area contributed by atoms with E-state index in [0.29, 0.717) is 11.3 Å². The van der Waals surface area contributed by atoms with Gasteiger partial charge in [0.05, 0.1) is 6.54 Å². The maximum atomic E-state index is 12.7. The molecule has 0 amide bonds. The Morgan fingerprint density at radius 1 is 1.41 bits per heavy atom. The van der Waals surface area contributed by atoms with Crippen LogP contribution in [-0.2, 0) is 13.0 Å². The Hall–Kier alpha value is -1.69. The first-order chi connectivity index (χ1) is 8.20. The van der Waals surface area contributed by atoms with Crippen molar-refractivity contribution in [2.24, 2.45) is 0 Å². The molecule has 17 heavy (non-hydrogen) atoms. The van der Waals surface area contributed by atoms with Crippen molar-refractivity contribution in [1.82, 2.24) is 14.9 Å². The highest BCUT2D eigenvalue weighted by Crippen LogP contribution is 2.03. The minimum atomic E-state index is -0.233. The number of hydrogen-bond acceptors (Lipinski definition) is 3. The van der Waals surface area contributed by atoms with Gasteiger partial charge in [0.25, 0.3) is 0 Å². The lowest BCUT2D eigenvalue weighted by atomic mass is 10.2. The van der Waals surface area contributed by atoms with E-state index in [9.17, 15) is 4.39 Å².